The number of benzene rings is 2. The first-order valence-corrected chi connectivity index (χ1v) is 10.2. The van der Waals surface area contributed by atoms with Crippen LogP contribution in [0.5, 0.6) is 0 Å². The molecule has 0 aliphatic carbocycles. The Morgan fingerprint density at radius 3 is 2.63 bits per heavy atom. The summed E-state index contributed by atoms with van der Waals surface area (Å²) in [5.74, 6) is -2.13. The fourth-order valence-corrected chi connectivity index (χ4v) is 3.97. The maximum absolute atomic E-state index is 13.9. The fraction of sp³-hybridized carbons (Fsp3) is 0.143. The third kappa shape index (κ3) is 4.25. The van der Waals surface area contributed by atoms with Gasteiger partial charge in [0.1, 0.15) is 11.6 Å². The summed E-state index contributed by atoms with van der Waals surface area (Å²) in [5, 5.41) is 5.34. The number of anilines is 2. The Labute approximate surface area is 175 Å². The van der Waals surface area contributed by atoms with Crippen LogP contribution in [0.1, 0.15) is 23.5 Å². The minimum atomic E-state index is -1.07. The van der Waals surface area contributed by atoms with E-state index in [4.69, 9.17) is 0 Å². The molecule has 7 nitrogen and oxygen atoms in total. The summed E-state index contributed by atoms with van der Waals surface area (Å²) in [5.41, 5.74) is 0.584. The van der Waals surface area contributed by atoms with Crippen LogP contribution >= 0.6 is 11.8 Å². The van der Waals surface area contributed by atoms with Gasteiger partial charge in [0.2, 0.25) is 11.8 Å². The zero-order chi connectivity index (χ0) is 21.1. The van der Waals surface area contributed by atoms with Gasteiger partial charge in [-0.3, -0.25) is 14.4 Å². The zero-order valence-electron chi connectivity index (χ0n) is 15.6. The molecule has 2 aromatic carbocycles. The van der Waals surface area contributed by atoms with Crippen LogP contribution < -0.4 is 16.2 Å². The zero-order valence-corrected chi connectivity index (χ0v) is 16.5. The summed E-state index contributed by atoms with van der Waals surface area (Å²) in [6.07, 6.45) is -0.228. The van der Waals surface area contributed by atoms with E-state index in [9.17, 15) is 18.8 Å². The maximum atomic E-state index is 13.9. The van der Waals surface area contributed by atoms with Gasteiger partial charge in [-0.1, -0.05) is 54.2 Å². The molecule has 0 fully saturated rings. The lowest BCUT2D eigenvalue weighted by atomic mass is 9.92. The van der Waals surface area contributed by atoms with Crippen molar-refractivity contribution in [1.82, 2.24) is 9.97 Å². The average molecular weight is 424 g/mol. The van der Waals surface area contributed by atoms with E-state index >= 15 is 0 Å². The average Bonchev–Trinajstić information content (AvgIpc) is 2.73. The van der Waals surface area contributed by atoms with Gasteiger partial charge in [0.05, 0.1) is 17.2 Å². The summed E-state index contributed by atoms with van der Waals surface area (Å²) in [6.45, 7) is 0. The summed E-state index contributed by atoms with van der Waals surface area (Å²) in [6, 6.07) is 15.3. The predicted molar refractivity (Wildman–Crippen MR) is 112 cm³/mol. The van der Waals surface area contributed by atoms with E-state index in [1.165, 1.54) is 30.0 Å². The number of hydrogen-bond acceptors (Lipinski definition) is 5. The van der Waals surface area contributed by atoms with Crippen molar-refractivity contribution in [2.45, 2.75) is 23.2 Å². The Hall–Kier alpha value is -3.46. The highest BCUT2D eigenvalue weighted by Crippen LogP contribution is 2.31. The Morgan fingerprint density at radius 1 is 1.13 bits per heavy atom. The van der Waals surface area contributed by atoms with Gasteiger partial charge in [0.25, 0.3) is 5.56 Å². The van der Waals surface area contributed by atoms with E-state index in [0.29, 0.717) is 10.9 Å². The molecule has 152 valence electrons. The standard InChI is InChI=1S/C21H17FN4O3S/c22-14-8-4-5-9-15(14)23-19(28)13-10-16(27)24-18-17(13)20(29)26-21(25-18)30-11-12-6-2-1-3-7-12/h1-9,13H,10-11H2,(H,23,28)(H2,24,25,26,27,29)/t13-/m1/s1. The quantitative estimate of drug-likeness (QED) is 0.431. The molecule has 3 aromatic rings. The van der Waals surface area contributed by atoms with Crippen LogP contribution in [0.15, 0.2) is 64.5 Å². The SMILES string of the molecule is O=C1C[C@@H](C(=O)Nc2ccccc2F)c2c(nc(SCc3ccccc3)[nH]c2=O)N1. The van der Waals surface area contributed by atoms with E-state index in [2.05, 4.69) is 20.6 Å². The highest BCUT2D eigenvalue weighted by molar-refractivity contribution is 7.98. The molecule has 1 aliphatic heterocycles. The maximum Gasteiger partial charge on any atom is 0.257 e. The van der Waals surface area contributed by atoms with Crippen molar-refractivity contribution in [2.75, 3.05) is 10.6 Å². The molecular weight excluding hydrogens is 407 g/mol. The third-order valence-electron chi connectivity index (χ3n) is 4.60. The molecule has 9 heteroatoms. The monoisotopic (exact) mass is 424 g/mol. The number of aromatic nitrogens is 2. The van der Waals surface area contributed by atoms with E-state index in [1.807, 2.05) is 30.3 Å². The van der Waals surface area contributed by atoms with Crippen molar-refractivity contribution in [3.8, 4) is 0 Å². The number of para-hydroxylation sites is 1. The van der Waals surface area contributed by atoms with Crippen LogP contribution in [0.4, 0.5) is 15.9 Å². The number of fused-ring (bicyclic) bond motifs is 1. The number of halogens is 1. The van der Waals surface area contributed by atoms with Crippen molar-refractivity contribution in [2.24, 2.45) is 0 Å². The van der Waals surface area contributed by atoms with E-state index in [0.717, 1.165) is 5.56 Å². The summed E-state index contributed by atoms with van der Waals surface area (Å²) >= 11 is 1.31. The number of nitrogens with one attached hydrogen (secondary N) is 3. The molecule has 0 spiro atoms. The molecule has 1 aliphatic rings. The molecule has 4 rings (SSSR count). The Kier molecular flexibility index (Phi) is 5.62. The Balaban J connectivity index is 1.59. The van der Waals surface area contributed by atoms with Crippen molar-refractivity contribution < 1.29 is 14.0 Å². The van der Waals surface area contributed by atoms with E-state index in [1.54, 1.807) is 6.07 Å². The van der Waals surface area contributed by atoms with Gasteiger partial charge in [-0.25, -0.2) is 9.37 Å². The van der Waals surface area contributed by atoms with E-state index < -0.39 is 29.1 Å². The second-order valence-electron chi connectivity index (χ2n) is 6.68. The lowest BCUT2D eigenvalue weighted by Crippen LogP contribution is -2.36. The highest BCUT2D eigenvalue weighted by Gasteiger charge is 2.35. The molecule has 1 aromatic heterocycles. The van der Waals surface area contributed by atoms with Crippen molar-refractivity contribution in [3.05, 3.63) is 81.9 Å². The highest BCUT2D eigenvalue weighted by atomic mass is 32.2. The number of aromatic amines is 1. The van der Waals surface area contributed by atoms with Gasteiger partial charge in [-0.2, -0.15) is 0 Å². The Morgan fingerprint density at radius 2 is 1.87 bits per heavy atom. The smallest absolute Gasteiger partial charge is 0.257 e. The van der Waals surface area contributed by atoms with Crippen LogP contribution in [0.2, 0.25) is 0 Å². The van der Waals surface area contributed by atoms with Crippen LogP contribution in [0, 0.1) is 5.82 Å². The van der Waals surface area contributed by atoms with Gasteiger partial charge in [0, 0.05) is 12.2 Å². The molecule has 3 N–H and O–H groups in total. The van der Waals surface area contributed by atoms with Crippen LogP contribution in [0.3, 0.4) is 0 Å². The first-order chi connectivity index (χ1) is 14.5. The summed E-state index contributed by atoms with van der Waals surface area (Å²) < 4.78 is 13.9. The van der Waals surface area contributed by atoms with Crippen molar-refractivity contribution in [3.63, 3.8) is 0 Å². The van der Waals surface area contributed by atoms with Gasteiger partial charge in [-0.15, -0.1) is 0 Å². The largest absolute Gasteiger partial charge is 0.323 e. The van der Waals surface area contributed by atoms with E-state index in [-0.39, 0.29) is 23.5 Å². The Bertz CT molecular complexity index is 1170. The number of H-pyrrole nitrogens is 1. The van der Waals surface area contributed by atoms with Gasteiger partial charge >= 0.3 is 0 Å². The molecular formula is C21H17FN4O3S. The molecule has 0 unspecified atom stereocenters. The molecule has 0 saturated carbocycles. The number of carbonyl (C=O) groups excluding carboxylic acids is 2. The molecule has 1 atom stereocenters. The van der Waals surface area contributed by atoms with Crippen LogP contribution in [-0.2, 0) is 15.3 Å². The van der Waals surface area contributed by atoms with Gasteiger partial charge in [-0.05, 0) is 17.7 Å². The number of rotatable bonds is 5. The minimum Gasteiger partial charge on any atom is -0.323 e. The lowest BCUT2D eigenvalue weighted by molar-refractivity contribution is -0.123. The predicted octanol–water partition coefficient (Wildman–Crippen LogP) is 3.27. The minimum absolute atomic E-state index is 0.0190. The fourth-order valence-electron chi connectivity index (χ4n) is 3.15. The number of carbonyl (C=O) groups is 2. The molecule has 0 saturated heterocycles. The summed E-state index contributed by atoms with van der Waals surface area (Å²) in [7, 11) is 0. The molecule has 30 heavy (non-hydrogen) atoms. The molecule has 2 amide bonds. The van der Waals surface area contributed by atoms with Crippen LogP contribution in [0.25, 0.3) is 0 Å². The molecule has 2 heterocycles. The van der Waals surface area contributed by atoms with Gasteiger partial charge in [0.15, 0.2) is 5.16 Å². The first-order valence-electron chi connectivity index (χ1n) is 9.17. The second kappa shape index (κ2) is 8.50. The van der Waals surface area contributed by atoms with Crippen LogP contribution in [-0.4, -0.2) is 21.8 Å². The normalized spacial score (nSPS) is 15.2. The summed E-state index contributed by atoms with van der Waals surface area (Å²) in [4.78, 5) is 44.6. The first kappa shape index (κ1) is 19.8. The second-order valence-corrected chi connectivity index (χ2v) is 7.65. The number of thioether (sulfide) groups is 1. The van der Waals surface area contributed by atoms with Crippen molar-refractivity contribution in [1.29, 1.82) is 0 Å². The lowest BCUT2D eigenvalue weighted by Gasteiger charge is -2.23. The number of hydrogen-bond donors (Lipinski definition) is 3. The number of amides is 2. The molecule has 0 bridgehead atoms. The van der Waals surface area contributed by atoms with Gasteiger partial charge < -0.3 is 15.6 Å². The molecule has 0 radical (unpaired) electrons. The van der Waals surface area contributed by atoms with Crippen molar-refractivity contribution >= 4 is 35.1 Å². The topological polar surface area (TPSA) is 104 Å². The number of nitrogens with zero attached hydrogens (tertiary/aromatic N) is 1. The third-order valence-corrected chi connectivity index (χ3v) is 5.54.